The van der Waals surface area contributed by atoms with Crippen LogP contribution in [0.2, 0.25) is 0 Å². The molecule has 2 unspecified atom stereocenters. The van der Waals surface area contributed by atoms with E-state index in [1.807, 2.05) is 27.7 Å². The van der Waals surface area contributed by atoms with Crippen LogP contribution < -0.4 is 4.74 Å². The molecule has 2 atom stereocenters. The van der Waals surface area contributed by atoms with Gasteiger partial charge in [0.2, 0.25) is 0 Å². The quantitative estimate of drug-likeness (QED) is 0.243. The first-order valence-corrected chi connectivity index (χ1v) is 12.9. The molecule has 0 saturated carbocycles. The lowest BCUT2D eigenvalue weighted by Gasteiger charge is -2.23. The monoisotopic (exact) mass is 548 g/mol. The molecule has 0 amide bonds. The van der Waals surface area contributed by atoms with Gasteiger partial charge < -0.3 is 9.84 Å². The van der Waals surface area contributed by atoms with Gasteiger partial charge in [-0.15, -0.1) is 0 Å². The van der Waals surface area contributed by atoms with E-state index in [9.17, 15) is 31.9 Å². The largest absolute Gasteiger partial charge is 0.486 e. The Labute approximate surface area is 225 Å². The third kappa shape index (κ3) is 8.53. The molecule has 39 heavy (non-hydrogen) atoms. The van der Waals surface area contributed by atoms with Crippen molar-refractivity contribution in [3.05, 3.63) is 89.0 Å². The maximum Gasteiger partial charge on any atom is 0.416 e. The predicted octanol–water partition coefficient (Wildman–Crippen LogP) is 9.42. The Hall–Kier alpha value is -3.42. The third-order valence-electron chi connectivity index (χ3n) is 6.42. The van der Waals surface area contributed by atoms with Crippen LogP contribution in [0.4, 0.5) is 22.0 Å². The van der Waals surface area contributed by atoms with Crippen molar-refractivity contribution < 1.29 is 36.6 Å². The van der Waals surface area contributed by atoms with Crippen LogP contribution in [0.15, 0.2) is 60.7 Å². The number of carboxylic acid groups (broad SMARTS) is 1. The highest BCUT2D eigenvalue weighted by molar-refractivity contribution is 5.78. The number of carboxylic acids is 1. The number of rotatable bonds is 11. The fourth-order valence-corrected chi connectivity index (χ4v) is 4.46. The molecule has 8 heteroatoms. The highest BCUT2D eigenvalue weighted by Crippen LogP contribution is 2.37. The van der Waals surface area contributed by atoms with Gasteiger partial charge in [0.05, 0.1) is 11.5 Å². The van der Waals surface area contributed by atoms with E-state index in [-0.39, 0.29) is 17.6 Å². The molecule has 3 aromatic rings. The second kappa shape index (κ2) is 12.6. The highest BCUT2D eigenvalue weighted by Gasteiger charge is 2.30. The molecule has 3 nitrogen and oxygen atoms in total. The Kier molecular flexibility index (Phi) is 9.75. The minimum Gasteiger partial charge on any atom is -0.486 e. The molecule has 3 aromatic carbocycles. The summed E-state index contributed by atoms with van der Waals surface area (Å²) in [6.45, 7) is 7.81. The van der Waals surface area contributed by atoms with Gasteiger partial charge >= 0.3 is 12.1 Å². The smallest absolute Gasteiger partial charge is 0.416 e. The van der Waals surface area contributed by atoms with Crippen molar-refractivity contribution in [2.45, 2.75) is 65.2 Å². The van der Waals surface area contributed by atoms with E-state index in [4.69, 9.17) is 4.74 Å². The maximum absolute atomic E-state index is 14.1. The molecule has 0 aromatic heterocycles. The SMILES string of the molecule is CC(C)CCC(Oc1cc(-c2ccc(C(F)(F)F)cc2)cc(C(CC(C)C)C(=O)O)c1)c1cc(F)cc(F)c1. The normalized spacial score (nSPS) is 13.5. The Morgan fingerprint density at radius 2 is 1.41 bits per heavy atom. The highest BCUT2D eigenvalue weighted by atomic mass is 19.4. The number of ether oxygens (including phenoxy) is 1. The summed E-state index contributed by atoms with van der Waals surface area (Å²) >= 11 is 0. The van der Waals surface area contributed by atoms with Crippen molar-refractivity contribution in [1.29, 1.82) is 0 Å². The molecule has 0 aliphatic heterocycles. The average Bonchev–Trinajstić information content (AvgIpc) is 2.83. The van der Waals surface area contributed by atoms with Crippen LogP contribution in [0, 0.1) is 23.5 Å². The van der Waals surface area contributed by atoms with Gasteiger partial charge in [-0.25, -0.2) is 8.78 Å². The summed E-state index contributed by atoms with van der Waals surface area (Å²) in [6, 6.07) is 12.6. The molecule has 0 bridgehead atoms. The van der Waals surface area contributed by atoms with Crippen LogP contribution >= 0.6 is 0 Å². The minimum absolute atomic E-state index is 0.0549. The first-order chi connectivity index (χ1) is 18.2. The van der Waals surface area contributed by atoms with Crippen molar-refractivity contribution >= 4 is 5.97 Å². The molecule has 0 aliphatic carbocycles. The van der Waals surface area contributed by atoms with E-state index in [2.05, 4.69) is 0 Å². The molecule has 1 N–H and O–H groups in total. The number of aliphatic carboxylic acids is 1. The molecule has 0 spiro atoms. The van der Waals surface area contributed by atoms with Crippen LogP contribution in [0.25, 0.3) is 11.1 Å². The summed E-state index contributed by atoms with van der Waals surface area (Å²) in [5.41, 5.74) is 0.838. The average molecular weight is 549 g/mol. The molecule has 0 heterocycles. The summed E-state index contributed by atoms with van der Waals surface area (Å²) in [5.74, 6) is -2.82. The van der Waals surface area contributed by atoms with Gasteiger partial charge in [-0.1, -0.05) is 45.9 Å². The predicted molar refractivity (Wildman–Crippen MR) is 141 cm³/mol. The number of benzene rings is 3. The van der Waals surface area contributed by atoms with Crippen LogP contribution in [0.1, 0.15) is 75.7 Å². The lowest BCUT2D eigenvalue weighted by atomic mass is 9.88. The summed E-state index contributed by atoms with van der Waals surface area (Å²) in [6.07, 6.45) is -3.77. The van der Waals surface area contributed by atoms with Crippen LogP contribution in [0.5, 0.6) is 5.75 Å². The molecule has 210 valence electrons. The molecular formula is C31H33F5O3. The number of hydrogen-bond acceptors (Lipinski definition) is 2. The molecular weight excluding hydrogens is 515 g/mol. The van der Waals surface area contributed by atoms with Gasteiger partial charge in [0, 0.05) is 6.07 Å². The second-order valence-corrected chi connectivity index (χ2v) is 10.7. The van der Waals surface area contributed by atoms with E-state index in [1.54, 1.807) is 18.2 Å². The Morgan fingerprint density at radius 3 is 1.92 bits per heavy atom. The minimum atomic E-state index is -4.50. The van der Waals surface area contributed by atoms with Crippen LogP contribution in [-0.4, -0.2) is 11.1 Å². The van der Waals surface area contributed by atoms with Crippen molar-refractivity contribution in [3.8, 4) is 16.9 Å². The van der Waals surface area contributed by atoms with E-state index in [0.29, 0.717) is 41.5 Å². The van der Waals surface area contributed by atoms with Gasteiger partial charge in [0.25, 0.3) is 0 Å². The van der Waals surface area contributed by atoms with E-state index >= 15 is 0 Å². The zero-order valence-corrected chi connectivity index (χ0v) is 22.4. The molecule has 0 radical (unpaired) electrons. The van der Waals surface area contributed by atoms with Crippen molar-refractivity contribution in [2.24, 2.45) is 11.8 Å². The van der Waals surface area contributed by atoms with Crippen LogP contribution in [-0.2, 0) is 11.0 Å². The number of hydrogen-bond donors (Lipinski definition) is 1. The maximum atomic E-state index is 14.1. The van der Waals surface area contributed by atoms with Gasteiger partial charge in [-0.3, -0.25) is 4.79 Å². The molecule has 0 fully saturated rings. The number of carbonyl (C=O) groups is 1. The zero-order chi connectivity index (χ0) is 28.9. The third-order valence-corrected chi connectivity index (χ3v) is 6.42. The van der Waals surface area contributed by atoms with Gasteiger partial charge in [-0.05, 0) is 89.8 Å². The Bertz CT molecular complexity index is 1250. The zero-order valence-electron chi connectivity index (χ0n) is 22.4. The Balaban J connectivity index is 2.11. The number of halogens is 5. The molecule has 0 saturated heterocycles. The fourth-order valence-electron chi connectivity index (χ4n) is 4.46. The molecule has 0 aliphatic rings. The van der Waals surface area contributed by atoms with E-state index < -0.39 is 41.4 Å². The van der Waals surface area contributed by atoms with Crippen molar-refractivity contribution in [3.63, 3.8) is 0 Å². The number of alkyl halides is 3. The van der Waals surface area contributed by atoms with E-state index in [1.165, 1.54) is 24.3 Å². The lowest BCUT2D eigenvalue weighted by molar-refractivity contribution is -0.139. The Morgan fingerprint density at radius 1 is 0.795 bits per heavy atom. The van der Waals surface area contributed by atoms with Crippen molar-refractivity contribution in [2.75, 3.05) is 0 Å². The first kappa shape index (κ1) is 30.1. The van der Waals surface area contributed by atoms with Crippen LogP contribution in [0.3, 0.4) is 0 Å². The van der Waals surface area contributed by atoms with E-state index in [0.717, 1.165) is 18.2 Å². The lowest BCUT2D eigenvalue weighted by Crippen LogP contribution is -2.15. The van der Waals surface area contributed by atoms with Gasteiger partial charge in [0.1, 0.15) is 23.5 Å². The topological polar surface area (TPSA) is 46.5 Å². The summed E-state index contributed by atoms with van der Waals surface area (Å²) in [5, 5.41) is 9.97. The summed E-state index contributed by atoms with van der Waals surface area (Å²) in [4.78, 5) is 12.2. The summed E-state index contributed by atoms with van der Waals surface area (Å²) < 4.78 is 73.8. The fraction of sp³-hybridized carbons (Fsp3) is 0.387. The molecule has 3 rings (SSSR count). The summed E-state index contributed by atoms with van der Waals surface area (Å²) in [7, 11) is 0. The first-order valence-electron chi connectivity index (χ1n) is 12.9. The van der Waals surface area contributed by atoms with Gasteiger partial charge in [-0.2, -0.15) is 13.2 Å². The standard InChI is InChI=1S/C31H33F5O3/c1-18(2)5-10-29(23-13-25(32)17-26(33)14-23)39-27-15-21(20-6-8-24(9-7-20)31(34,35)36)12-22(16-27)28(30(37)38)11-19(3)4/h6-9,12-19,28-29H,5,10-11H2,1-4H3,(H,37,38). The second-order valence-electron chi connectivity index (χ2n) is 10.7. The van der Waals surface area contributed by atoms with Crippen molar-refractivity contribution in [1.82, 2.24) is 0 Å². The van der Waals surface area contributed by atoms with Gasteiger partial charge in [0.15, 0.2) is 0 Å².